The summed E-state index contributed by atoms with van der Waals surface area (Å²) < 4.78 is 124. The number of alkyl halides is 6. The molecular weight excluding hydrogens is 518 g/mol. The van der Waals surface area contributed by atoms with E-state index < -0.39 is 75.0 Å². The lowest BCUT2D eigenvalue weighted by molar-refractivity contribution is -0.397. The minimum absolute atomic E-state index is 0.0870. The van der Waals surface area contributed by atoms with Gasteiger partial charge in [-0.25, -0.2) is 4.79 Å². The van der Waals surface area contributed by atoms with Crippen molar-refractivity contribution in [2.45, 2.75) is 60.6 Å². The maximum Gasteiger partial charge on any atom is 0.430 e. The number of aliphatic hydroxyl groups is 2. The van der Waals surface area contributed by atoms with E-state index >= 15 is 0 Å². The van der Waals surface area contributed by atoms with Crippen LogP contribution < -0.4 is 0 Å². The van der Waals surface area contributed by atoms with Crippen LogP contribution in [0.1, 0.15) is 32.1 Å². The molecule has 4 aliphatic carbocycles. The predicted octanol–water partition coefficient (Wildman–Crippen LogP) is 1.57. The van der Waals surface area contributed by atoms with Gasteiger partial charge < -0.3 is 24.4 Å². The monoisotopic (exact) mass is 542 g/mol. The number of aliphatic hydroxyl groups excluding tert-OH is 2. The van der Waals surface area contributed by atoms with Crippen molar-refractivity contribution in [2.24, 2.45) is 23.2 Å². The van der Waals surface area contributed by atoms with Gasteiger partial charge in [-0.1, -0.05) is 0 Å². The van der Waals surface area contributed by atoms with Crippen LogP contribution >= 0.6 is 0 Å². The lowest BCUT2D eigenvalue weighted by Crippen LogP contribution is -2.72. The standard InChI is InChI=1S/C19H24F6O9S/c20-18(21,22)17(19(23,24)25,35(29,30)31)13(28)34-15-3-10-1-11(4-15)16(12(2-10)5-15)32-8-14(6-26,7-27)9-33-16/h10-12,26-27H,1-9H2,(H,29,30,31). The Balaban J connectivity index is 1.65. The molecule has 9 nitrogen and oxygen atoms in total. The number of carbonyl (C=O) groups excluding carboxylic acids is 1. The quantitative estimate of drug-likeness (QED) is 0.268. The van der Waals surface area contributed by atoms with Crippen LogP contribution in [0.4, 0.5) is 26.3 Å². The van der Waals surface area contributed by atoms with Gasteiger partial charge in [0.15, 0.2) is 5.79 Å². The average molecular weight is 542 g/mol. The molecule has 0 amide bonds. The Hall–Kier alpha value is -1.20. The number of esters is 1. The third kappa shape index (κ3) is 3.69. The summed E-state index contributed by atoms with van der Waals surface area (Å²) in [6.07, 6.45) is -13.3. The summed E-state index contributed by atoms with van der Waals surface area (Å²) in [7, 11) is -7.09. The molecule has 1 aliphatic heterocycles. The van der Waals surface area contributed by atoms with Crippen molar-refractivity contribution in [2.75, 3.05) is 26.4 Å². The SMILES string of the molecule is O=C(OC12CC3CC(C1)C1(OCC(CO)(CO)CO1)C(C3)C2)C(C(F)(F)F)(C(F)(F)F)S(=O)(=O)O. The molecule has 3 N–H and O–H groups in total. The molecule has 5 fully saturated rings. The van der Waals surface area contributed by atoms with E-state index in [-0.39, 0.29) is 38.4 Å². The first-order valence-electron chi connectivity index (χ1n) is 10.7. The van der Waals surface area contributed by atoms with Gasteiger partial charge in [0.1, 0.15) is 5.60 Å². The van der Waals surface area contributed by atoms with Gasteiger partial charge >= 0.3 is 33.2 Å². The molecule has 0 aromatic heterocycles. The molecule has 1 spiro atoms. The zero-order valence-corrected chi connectivity index (χ0v) is 18.9. The minimum Gasteiger partial charge on any atom is -0.457 e. The highest BCUT2D eigenvalue weighted by atomic mass is 32.2. The van der Waals surface area contributed by atoms with E-state index in [1.165, 1.54) is 0 Å². The van der Waals surface area contributed by atoms with Crippen molar-refractivity contribution < 1.29 is 68.5 Å². The maximum absolute atomic E-state index is 13.6. The highest BCUT2D eigenvalue weighted by molar-refractivity contribution is 7.88. The highest BCUT2D eigenvalue weighted by Crippen LogP contribution is 2.64. The summed E-state index contributed by atoms with van der Waals surface area (Å²) in [5, 5.41) is 19.1. The number of ether oxygens (including phenoxy) is 3. The first kappa shape index (κ1) is 26.9. The fourth-order valence-electron chi connectivity index (χ4n) is 6.36. The van der Waals surface area contributed by atoms with Gasteiger partial charge in [-0.3, -0.25) is 4.55 Å². The summed E-state index contributed by atoms with van der Waals surface area (Å²) in [6, 6.07) is 0. The Morgan fingerprint density at radius 1 is 0.914 bits per heavy atom. The molecule has 2 atom stereocenters. The van der Waals surface area contributed by atoms with Crippen molar-refractivity contribution in [1.82, 2.24) is 0 Å². The Morgan fingerprint density at radius 2 is 1.37 bits per heavy atom. The topological polar surface area (TPSA) is 140 Å². The maximum atomic E-state index is 13.6. The van der Waals surface area contributed by atoms with Gasteiger partial charge in [-0.05, 0) is 38.0 Å². The van der Waals surface area contributed by atoms with Crippen LogP contribution in [0.25, 0.3) is 0 Å². The molecule has 4 saturated carbocycles. The number of rotatable bonds is 5. The van der Waals surface area contributed by atoms with Crippen LogP contribution in [0.15, 0.2) is 0 Å². The van der Waals surface area contributed by atoms with E-state index in [4.69, 9.17) is 18.8 Å². The average Bonchev–Trinajstić information content (AvgIpc) is 2.68. The van der Waals surface area contributed by atoms with E-state index in [0.717, 1.165) is 0 Å². The van der Waals surface area contributed by atoms with Crippen molar-refractivity contribution >= 4 is 16.1 Å². The van der Waals surface area contributed by atoms with Crippen LogP contribution in [0.3, 0.4) is 0 Å². The van der Waals surface area contributed by atoms with Gasteiger partial charge in [0.2, 0.25) is 0 Å². The highest BCUT2D eigenvalue weighted by Gasteiger charge is 2.85. The van der Waals surface area contributed by atoms with Gasteiger partial charge in [-0.2, -0.15) is 34.8 Å². The third-order valence-corrected chi connectivity index (χ3v) is 9.34. The Kier molecular flexibility index (Phi) is 6.06. The molecule has 16 heteroatoms. The molecule has 0 radical (unpaired) electrons. The fourth-order valence-corrected chi connectivity index (χ4v) is 7.19. The molecule has 35 heavy (non-hydrogen) atoms. The molecule has 0 aromatic rings. The van der Waals surface area contributed by atoms with Crippen LogP contribution in [-0.4, -0.2) is 84.1 Å². The van der Waals surface area contributed by atoms with Crippen molar-refractivity contribution in [3.63, 3.8) is 0 Å². The lowest BCUT2D eigenvalue weighted by Gasteiger charge is -2.65. The first-order valence-corrected chi connectivity index (χ1v) is 12.2. The van der Waals surface area contributed by atoms with E-state index in [0.29, 0.717) is 12.8 Å². The van der Waals surface area contributed by atoms with Crippen molar-refractivity contribution in [1.29, 1.82) is 0 Å². The molecule has 4 bridgehead atoms. The molecule has 1 saturated heterocycles. The Labute approximate surface area is 195 Å². The number of hydrogen-bond donors (Lipinski definition) is 3. The molecule has 202 valence electrons. The molecule has 1 heterocycles. The van der Waals surface area contributed by atoms with Gasteiger partial charge in [0.25, 0.3) is 0 Å². The van der Waals surface area contributed by atoms with Gasteiger partial charge in [0.05, 0.1) is 31.8 Å². The smallest absolute Gasteiger partial charge is 0.430 e. The van der Waals surface area contributed by atoms with Crippen LogP contribution in [0.2, 0.25) is 0 Å². The minimum atomic E-state index is -7.09. The molecule has 5 aliphatic rings. The van der Waals surface area contributed by atoms with Gasteiger partial charge in [-0.15, -0.1) is 0 Å². The first-order chi connectivity index (χ1) is 15.9. The van der Waals surface area contributed by atoms with Crippen LogP contribution in [0.5, 0.6) is 0 Å². The second-order valence-electron chi connectivity index (χ2n) is 10.2. The van der Waals surface area contributed by atoms with Crippen LogP contribution in [0, 0.1) is 23.2 Å². The molecular formula is C19H24F6O9S. The van der Waals surface area contributed by atoms with Crippen LogP contribution in [-0.2, 0) is 29.1 Å². The summed E-state index contributed by atoms with van der Waals surface area (Å²) >= 11 is 0. The van der Waals surface area contributed by atoms with Crippen molar-refractivity contribution in [3.05, 3.63) is 0 Å². The van der Waals surface area contributed by atoms with E-state index in [9.17, 15) is 49.8 Å². The second kappa shape index (κ2) is 7.90. The number of hydrogen-bond acceptors (Lipinski definition) is 8. The van der Waals surface area contributed by atoms with E-state index in [1.807, 2.05) is 0 Å². The van der Waals surface area contributed by atoms with Gasteiger partial charge in [0, 0.05) is 11.8 Å². The largest absolute Gasteiger partial charge is 0.457 e. The second-order valence-corrected chi connectivity index (χ2v) is 11.7. The zero-order valence-electron chi connectivity index (χ0n) is 18.1. The Bertz CT molecular complexity index is 932. The predicted molar refractivity (Wildman–Crippen MR) is 100 cm³/mol. The number of halogens is 6. The third-order valence-electron chi connectivity index (χ3n) is 7.93. The summed E-state index contributed by atoms with van der Waals surface area (Å²) in [5.41, 5.74) is -2.93. The fraction of sp³-hybridized carbons (Fsp3) is 0.947. The zero-order chi connectivity index (χ0) is 26.3. The summed E-state index contributed by atoms with van der Waals surface area (Å²) in [4.78, 5) is 12.5. The lowest BCUT2D eigenvalue weighted by atomic mass is 9.51. The Morgan fingerprint density at radius 3 is 1.74 bits per heavy atom. The van der Waals surface area contributed by atoms with Crippen molar-refractivity contribution in [3.8, 4) is 0 Å². The molecule has 5 rings (SSSR count). The molecule has 2 unspecified atom stereocenters. The van der Waals surface area contributed by atoms with E-state index in [1.54, 1.807) is 0 Å². The number of carbonyl (C=O) groups is 1. The normalized spacial score (nSPS) is 34.3. The summed E-state index contributed by atoms with van der Waals surface area (Å²) in [5.74, 6) is -5.95. The van der Waals surface area contributed by atoms with E-state index in [2.05, 4.69) is 0 Å². The summed E-state index contributed by atoms with van der Waals surface area (Å²) in [6.45, 7) is -1.13. The molecule has 0 aromatic carbocycles.